The zero-order valence-electron chi connectivity index (χ0n) is 17.9. The summed E-state index contributed by atoms with van der Waals surface area (Å²) in [7, 11) is 0. The second-order valence-electron chi connectivity index (χ2n) is 7.80. The first-order valence-electron chi connectivity index (χ1n) is 11.5. The van der Waals surface area contributed by atoms with Crippen molar-refractivity contribution in [2.75, 3.05) is 6.61 Å². The molecule has 28 heavy (non-hydrogen) atoms. The Morgan fingerprint density at radius 1 is 0.643 bits per heavy atom. The third-order valence-electron chi connectivity index (χ3n) is 5.26. The summed E-state index contributed by atoms with van der Waals surface area (Å²) in [5, 5.41) is 0. The minimum Gasteiger partial charge on any atom is -0.492 e. The molecular weight excluding hydrogens is 463 g/mol. The van der Waals surface area contributed by atoms with Crippen molar-refractivity contribution in [2.24, 2.45) is 0 Å². The van der Waals surface area contributed by atoms with Crippen LogP contribution in [0, 0.1) is 3.57 Å². The van der Waals surface area contributed by atoms with Crippen molar-refractivity contribution in [3.8, 4) is 5.75 Å². The summed E-state index contributed by atoms with van der Waals surface area (Å²) in [4.78, 5) is 0. The van der Waals surface area contributed by atoms with Crippen LogP contribution >= 0.6 is 19.8 Å². The van der Waals surface area contributed by atoms with Gasteiger partial charge in [0, 0.05) is 0 Å². The van der Waals surface area contributed by atoms with E-state index in [1.54, 1.807) is 18.2 Å². The molecular formula is C24H41IO3. The van der Waals surface area contributed by atoms with Crippen molar-refractivity contribution in [3.05, 3.63) is 27.8 Å². The Bertz CT molecular complexity index is 547. The van der Waals surface area contributed by atoms with Gasteiger partial charge < -0.3 is 4.74 Å². The molecule has 162 valence electrons. The summed E-state index contributed by atoms with van der Waals surface area (Å²) in [6.45, 7) is 2.89. The van der Waals surface area contributed by atoms with Crippen LogP contribution in [-0.4, -0.2) is 6.61 Å². The second kappa shape index (κ2) is 18.4. The lowest BCUT2D eigenvalue weighted by Crippen LogP contribution is -1.99. The molecule has 0 aliphatic carbocycles. The average molecular weight is 504 g/mol. The fourth-order valence-electron chi connectivity index (χ4n) is 3.52. The van der Waals surface area contributed by atoms with Crippen LogP contribution in [0.2, 0.25) is 0 Å². The van der Waals surface area contributed by atoms with Gasteiger partial charge in [0.25, 0.3) is 0 Å². The largest absolute Gasteiger partial charge is 0.492 e. The lowest BCUT2D eigenvalue weighted by molar-refractivity contribution is 0.302. The molecule has 0 radical (unpaired) electrons. The van der Waals surface area contributed by atoms with Crippen molar-refractivity contribution in [3.63, 3.8) is 0 Å². The first kappa shape index (κ1) is 25.4. The van der Waals surface area contributed by atoms with Crippen LogP contribution in [0.15, 0.2) is 24.3 Å². The fraction of sp³-hybridized carbons (Fsp3) is 0.750. The van der Waals surface area contributed by atoms with Gasteiger partial charge in [-0.1, -0.05) is 115 Å². The normalized spacial score (nSPS) is 11.2. The first-order valence-corrected chi connectivity index (χ1v) is 14.4. The molecule has 3 nitrogen and oxygen atoms in total. The van der Waals surface area contributed by atoms with Gasteiger partial charge in [0.2, 0.25) is 0 Å². The van der Waals surface area contributed by atoms with Gasteiger partial charge in [-0.05, 0) is 18.6 Å². The predicted octanol–water partition coefficient (Wildman–Crippen LogP) is 8.69. The summed E-state index contributed by atoms with van der Waals surface area (Å²) in [6.07, 6.45) is 21.6. The van der Waals surface area contributed by atoms with Crippen molar-refractivity contribution in [1.29, 1.82) is 0 Å². The van der Waals surface area contributed by atoms with Crippen LogP contribution in [0.1, 0.15) is 110 Å². The number of hydrogen-bond acceptors (Lipinski definition) is 3. The highest BCUT2D eigenvalue weighted by Crippen LogP contribution is 2.27. The quantitative estimate of drug-likeness (QED) is 0.140. The van der Waals surface area contributed by atoms with E-state index in [-0.39, 0.29) is 0 Å². The van der Waals surface area contributed by atoms with Crippen molar-refractivity contribution in [1.82, 2.24) is 0 Å². The number of unbranched alkanes of at least 4 members (excludes halogenated alkanes) is 15. The standard InChI is InChI=1S/C24H41IO3/c1-2-3-4-5-6-7-8-9-10-11-12-13-14-15-16-19-22-28-24-21-18-17-20-23(24)25(26)27/h17-18,20-21H,2-16,19,22H2,1H3. The molecule has 1 aromatic carbocycles. The van der Waals surface area contributed by atoms with E-state index in [2.05, 4.69) is 6.92 Å². The van der Waals surface area contributed by atoms with E-state index in [9.17, 15) is 6.14 Å². The van der Waals surface area contributed by atoms with Crippen LogP contribution in [0.3, 0.4) is 0 Å². The Morgan fingerprint density at radius 3 is 1.54 bits per heavy atom. The van der Waals surface area contributed by atoms with Crippen molar-refractivity contribution in [2.45, 2.75) is 110 Å². The molecule has 0 atom stereocenters. The van der Waals surface area contributed by atoms with Crippen LogP contribution < -0.4 is 4.74 Å². The van der Waals surface area contributed by atoms with E-state index in [0.717, 1.165) is 12.8 Å². The van der Waals surface area contributed by atoms with Crippen molar-refractivity contribution < 1.29 is 10.9 Å². The molecule has 0 bridgehead atoms. The Morgan fingerprint density at radius 2 is 1.07 bits per heavy atom. The molecule has 1 rings (SSSR count). The van der Waals surface area contributed by atoms with E-state index < -0.39 is 19.8 Å². The molecule has 0 spiro atoms. The molecule has 4 heteroatoms. The Kier molecular flexibility index (Phi) is 16.7. The molecule has 0 saturated carbocycles. The van der Waals surface area contributed by atoms with Gasteiger partial charge in [-0.2, -0.15) is 0 Å². The van der Waals surface area contributed by atoms with E-state index in [1.165, 1.54) is 89.9 Å². The number of benzene rings is 1. The van der Waals surface area contributed by atoms with Gasteiger partial charge in [0.1, 0.15) is 9.32 Å². The molecule has 1 aromatic rings. The molecule has 0 aromatic heterocycles. The van der Waals surface area contributed by atoms with E-state index >= 15 is 0 Å². The highest BCUT2D eigenvalue weighted by atomic mass is 127. The van der Waals surface area contributed by atoms with Crippen LogP contribution in [0.4, 0.5) is 0 Å². The molecule has 0 heterocycles. The zero-order chi connectivity index (χ0) is 20.3. The number of hydrogen-bond donors (Lipinski definition) is 0. The summed E-state index contributed by atoms with van der Waals surface area (Å²) >= 11 is -3.46. The van der Waals surface area contributed by atoms with Gasteiger partial charge in [0.15, 0.2) is 0 Å². The maximum atomic E-state index is 11.3. The maximum Gasteiger partial charge on any atom is 0.344 e. The number of rotatable bonds is 19. The summed E-state index contributed by atoms with van der Waals surface area (Å²) in [5.41, 5.74) is 0. The average Bonchev–Trinajstić information content (AvgIpc) is 2.70. The Balaban J connectivity index is 1.84. The lowest BCUT2D eigenvalue weighted by Gasteiger charge is -2.07. The molecule has 0 aliphatic heterocycles. The van der Waals surface area contributed by atoms with Gasteiger partial charge in [-0.25, -0.2) is 6.14 Å². The number of ether oxygens (including phenoxy) is 1. The Hall–Kier alpha value is -0.650. The first-order chi connectivity index (χ1) is 13.8. The van der Waals surface area contributed by atoms with Gasteiger partial charge >= 0.3 is 19.8 Å². The molecule has 0 amide bonds. The minimum absolute atomic E-state index is 0.378. The summed E-state index contributed by atoms with van der Waals surface area (Å²) in [5.74, 6) is 0.527. The third-order valence-corrected chi connectivity index (χ3v) is 7.10. The highest BCUT2D eigenvalue weighted by molar-refractivity contribution is 14.2. The monoisotopic (exact) mass is 504 g/mol. The minimum atomic E-state index is -3.46. The molecule has 0 saturated heterocycles. The van der Waals surface area contributed by atoms with E-state index in [1.807, 2.05) is 6.07 Å². The second-order valence-corrected chi connectivity index (χ2v) is 10.2. The van der Waals surface area contributed by atoms with E-state index in [0.29, 0.717) is 15.9 Å². The molecule has 0 aliphatic rings. The molecule has 0 fully saturated rings. The van der Waals surface area contributed by atoms with Crippen LogP contribution in [0.25, 0.3) is 0 Å². The van der Waals surface area contributed by atoms with Gasteiger partial charge in [-0.3, -0.25) is 0 Å². The van der Waals surface area contributed by atoms with E-state index in [4.69, 9.17) is 4.74 Å². The van der Waals surface area contributed by atoms with Crippen LogP contribution in [0.5, 0.6) is 5.75 Å². The lowest BCUT2D eigenvalue weighted by atomic mass is 10.0. The molecule has 0 N–H and O–H groups in total. The number of halogens is 1. The predicted molar refractivity (Wildman–Crippen MR) is 126 cm³/mol. The Labute approximate surface area is 180 Å². The SMILES string of the molecule is CCCCCCCCCCCCCCCCCCOc1ccccc1I(=O)=O. The fourth-order valence-corrected chi connectivity index (χ4v) is 4.79. The summed E-state index contributed by atoms with van der Waals surface area (Å²) < 4.78 is 28.5. The third kappa shape index (κ3) is 13.5. The topological polar surface area (TPSA) is 43.4 Å². The van der Waals surface area contributed by atoms with Gasteiger partial charge in [0.05, 0.1) is 6.61 Å². The smallest absolute Gasteiger partial charge is 0.344 e. The maximum absolute atomic E-state index is 11.3. The molecule has 0 unspecified atom stereocenters. The summed E-state index contributed by atoms with van der Waals surface area (Å²) in [6, 6.07) is 6.96. The van der Waals surface area contributed by atoms with Crippen molar-refractivity contribution >= 4 is 19.8 Å². The zero-order valence-corrected chi connectivity index (χ0v) is 20.1. The highest BCUT2D eigenvalue weighted by Gasteiger charge is 2.07. The number of para-hydroxylation sites is 1. The van der Waals surface area contributed by atoms with Gasteiger partial charge in [-0.15, -0.1) is 0 Å². The van der Waals surface area contributed by atoms with Crippen LogP contribution in [-0.2, 0) is 6.14 Å².